The summed E-state index contributed by atoms with van der Waals surface area (Å²) in [4.78, 5) is 18.0. The Kier molecular flexibility index (Phi) is 4.40. The zero-order chi connectivity index (χ0) is 13.7. The maximum atomic E-state index is 12.3. The highest BCUT2D eigenvalue weighted by Gasteiger charge is 2.19. The maximum absolute atomic E-state index is 12.3. The normalized spacial score (nSPS) is 10.2. The molecule has 0 aliphatic heterocycles. The molecule has 0 saturated carbocycles. The molecule has 0 aliphatic carbocycles. The minimum Gasteiger partial charge on any atom is -0.363 e. The van der Waals surface area contributed by atoms with E-state index in [1.165, 1.54) is 11.3 Å². The van der Waals surface area contributed by atoms with Crippen LogP contribution in [0.2, 0.25) is 0 Å². The summed E-state index contributed by atoms with van der Waals surface area (Å²) >= 11 is 1.26. The van der Waals surface area contributed by atoms with Gasteiger partial charge in [0.15, 0.2) is 0 Å². The van der Waals surface area contributed by atoms with Gasteiger partial charge in [0.2, 0.25) is 10.1 Å². The highest BCUT2D eigenvalue weighted by atomic mass is 32.1. The monoisotopic (exact) mass is 277 g/mol. The predicted octanol–water partition coefficient (Wildman–Crippen LogP) is 1.64. The van der Waals surface area contributed by atoms with E-state index < -0.39 is 0 Å². The second-order valence-corrected chi connectivity index (χ2v) is 4.81. The molecule has 100 valence electrons. The van der Waals surface area contributed by atoms with E-state index in [0.29, 0.717) is 23.2 Å². The van der Waals surface area contributed by atoms with Gasteiger partial charge < -0.3 is 10.2 Å². The van der Waals surface area contributed by atoms with Crippen LogP contribution in [-0.4, -0.2) is 39.6 Å². The lowest BCUT2D eigenvalue weighted by Crippen LogP contribution is -2.30. The Morgan fingerprint density at radius 2 is 2.11 bits per heavy atom. The first-order valence-electron chi connectivity index (χ1n) is 5.94. The van der Waals surface area contributed by atoms with Crippen molar-refractivity contribution in [3.63, 3.8) is 0 Å². The van der Waals surface area contributed by atoms with E-state index in [4.69, 9.17) is 0 Å². The topological polar surface area (TPSA) is 71.0 Å². The van der Waals surface area contributed by atoms with Gasteiger partial charge in [-0.25, -0.2) is 0 Å². The number of anilines is 1. The molecule has 0 bridgehead atoms. The van der Waals surface area contributed by atoms with Gasteiger partial charge in [-0.2, -0.15) is 0 Å². The summed E-state index contributed by atoms with van der Waals surface area (Å²) in [5.41, 5.74) is 1.04. The average molecular weight is 277 g/mol. The number of rotatable bonds is 5. The molecule has 2 rings (SSSR count). The standard InChI is InChI=1S/C12H15N5OS/c1-3-17(8-9-4-6-14-7-5-9)11(18)10-15-16-12(13-2)19-10/h4-7H,3,8H2,1-2H3,(H,13,16). The number of nitrogens with zero attached hydrogens (tertiary/aromatic N) is 4. The lowest BCUT2D eigenvalue weighted by Gasteiger charge is -2.19. The SMILES string of the molecule is CCN(Cc1ccncc1)C(=O)c1nnc(NC)s1. The van der Waals surface area contributed by atoms with Crippen LogP contribution in [0.1, 0.15) is 22.3 Å². The second-order valence-electron chi connectivity index (χ2n) is 3.84. The Morgan fingerprint density at radius 1 is 1.37 bits per heavy atom. The van der Waals surface area contributed by atoms with Crippen molar-refractivity contribution in [3.05, 3.63) is 35.1 Å². The smallest absolute Gasteiger partial charge is 0.285 e. The van der Waals surface area contributed by atoms with Crippen molar-refractivity contribution in [2.45, 2.75) is 13.5 Å². The Bertz CT molecular complexity index is 542. The highest BCUT2D eigenvalue weighted by Crippen LogP contribution is 2.17. The number of carbonyl (C=O) groups excluding carboxylic acids is 1. The molecule has 0 saturated heterocycles. The number of nitrogens with one attached hydrogen (secondary N) is 1. The van der Waals surface area contributed by atoms with Crippen molar-refractivity contribution >= 4 is 22.4 Å². The third kappa shape index (κ3) is 3.25. The highest BCUT2D eigenvalue weighted by molar-refractivity contribution is 7.17. The Balaban J connectivity index is 2.11. The van der Waals surface area contributed by atoms with Gasteiger partial charge in [0.25, 0.3) is 5.91 Å². The van der Waals surface area contributed by atoms with Crippen LogP contribution < -0.4 is 5.32 Å². The van der Waals surface area contributed by atoms with Gasteiger partial charge in [-0.15, -0.1) is 10.2 Å². The van der Waals surface area contributed by atoms with Gasteiger partial charge in [0, 0.05) is 32.5 Å². The molecule has 1 amide bonds. The minimum atomic E-state index is -0.0988. The van der Waals surface area contributed by atoms with Gasteiger partial charge in [0.1, 0.15) is 0 Å². The molecule has 0 aromatic carbocycles. The lowest BCUT2D eigenvalue weighted by molar-refractivity contribution is 0.0751. The molecule has 0 fully saturated rings. The summed E-state index contributed by atoms with van der Waals surface area (Å²) in [6, 6.07) is 3.80. The van der Waals surface area contributed by atoms with Gasteiger partial charge >= 0.3 is 0 Å². The molecule has 1 N–H and O–H groups in total. The molecular weight excluding hydrogens is 262 g/mol. The first-order valence-corrected chi connectivity index (χ1v) is 6.75. The number of pyridine rings is 1. The Hall–Kier alpha value is -2.02. The van der Waals surface area contributed by atoms with Crippen LogP contribution >= 0.6 is 11.3 Å². The molecule has 2 aromatic heterocycles. The lowest BCUT2D eigenvalue weighted by atomic mass is 10.2. The number of amides is 1. The first-order chi connectivity index (χ1) is 9.24. The molecule has 0 aliphatic rings. The van der Waals surface area contributed by atoms with Crippen LogP contribution in [0.5, 0.6) is 0 Å². The predicted molar refractivity (Wildman–Crippen MR) is 74.1 cm³/mol. The van der Waals surface area contributed by atoms with Crippen molar-refractivity contribution in [2.24, 2.45) is 0 Å². The molecule has 2 aromatic rings. The van der Waals surface area contributed by atoms with Gasteiger partial charge in [-0.05, 0) is 24.6 Å². The van der Waals surface area contributed by atoms with Gasteiger partial charge in [0.05, 0.1) is 0 Å². The Labute approximate surface area is 115 Å². The summed E-state index contributed by atoms with van der Waals surface area (Å²) in [5.74, 6) is -0.0988. The molecular formula is C12H15N5OS. The minimum absolute atomic E-state index is 0.0988. The molecule has 0 spiro atoms. The van der Waals surface area contributed by atoms with E-state index in [-0.39, 0.29) is 5.91 Å². The van der Waals surface area contributed by atoms with E-state index in [9.17, 15) is 4.79 Å². The third-order valence-corrected chi connectivity index (χ3v) is 3.54. The van der Waals surface area contributed by atoms with Crippen molar-refractivity contribution < 1.29 is 4.79 Å². The number of hydrogen-bond acceptors (Lipinski definition) is 6. The van der Waals surface area contributed by atoms with Crippen LogP contribution in [0.4, 0.5) is 5.13 Å². The Morgan fingerprint density at radius 3 is 2.68 bits per heavy atom. The summed E-state index contributed by atoms with van der Waals surface area (Å²) < 4.78 is 0. The van der Waals surface area contributed by atoms with Crippen molar-refractivity contribution in [1.82, 2.24) is 20.1 Å². The van der Waals surface area contributed by atoms with Crippen LogP contribution in [0.25, 0.3) is 0 Å². The second kappa shape index (κ2) is 6.24. The first kappa shape index (κ1) is 13.4. The largest absolute Gasteiger partial charge is 0.363 e. The van der Waals surface area contributed by atoms with E-state index in [1.54, 1.807) is 24.3 Å². The van der Waals surface area contributed by atoms with E-state index in [1.807, 2.05) is 19.1 Å². The molecule has 19 heavy (non-hydrogen) atoms. The van der Waals surface area contributed by atoms with Crippen LogP contribution in [-0.2, 0) is 6.54 Å². The fourth-order valence-electron chi connectivity index (χ4n) is 1.58. The summed E-state index contributed by atoms with van der Waals surface area (Å²) in [6.07, 6.45) is 3.44. The zero-order valence-electron chi connectivity index (χ0n) is 10.8. The van der Waals surface area contributed by atoms with Crippen molar-refractivity contribution in [3.8, 4) is 0 Å². The van der Waals surface area contributed by atoms with Gasteiger partial charge in [-0.3, -0.25) is 9.78 Å². The zero-order valence-corrected chi connectivity index (χ0v) is 11.6. The fourth-order valence-corrected chi connectivity index (χ4v) is 2.25. The summed E-state index contributed by atoms with van der Waals surface area (Å²) in [7, 11) is 1.75. The number of carbonyl (C=O) groups is 1. The van der Waals surface area contributed by atoms with Crippen LogP contribution in [0.3, 0.4) is 0 Å². The molecule has 6 nitrogen and oxygen atoms in total. The molecule has 7 heteroatoms. The average Bonchev–Trinajstić information content (AvgIpc) is 2.94. The van der Waals surface area contributed by atoms with Crippen LogP contribution in [0.15, 0.2) is 24.5 Å². The van der Waals surface area contributed by atoms with E-state index in [0.717, 1.165) is 5.56 Å². The van der Waals surface area contributed by atoms with Crippen LogP contribution in [0, 0.1) is 0 Å². The van der Waals surface area contributed by atoms with Crippen molar-refractivity contribution in [1.29, 1.82) is 0 Å². The number of hydrogen-bond donors (Lipinski definition) is 1. The molecule has 0 unspecified atom stereocenters. The molecule has 0 atom stereocenters. The third-order valence-electron chi connectivity index (χ3n) is 2.61. The maximum Gasteiger partial charge on any atom is 0.285 e. The quantitative estimate of drug-likeness (QED) is 0.899. The number of aromatic nitrogens is 3. The van der Waals surface area contributed by atoms with E-state index in [2.05, 4.69) is 20.5 Å². The van der Waals surface area contributed by atoms with Gasteiger partial charge in [-0.1, -0.05) is 11.3 Å². The summed E-state index contributed by atoms with van der Waals surface area (Å²) in [6.45, 7) is 3.11. The summed E-state index contributed by atoms with van der Waals surface area (Å²) in [5, 5.41) is 11.7. The molecule has 2 heterocycles. The van der Waals surface area contributed by atoms with E-state index >= 15 is 0 Å². The fraction of sp³-hybridized carbons (Fsp3) is 0.333. The van der Waals surface area contributed by atoms with Crippen molar-refractivity contribution in [2.75, 3.05) is 18.9 Å². The molecule has 0 radical (unpaired) electrons.